The molecule has 0 amide bonds. The van der Waals surface area contributed by atoms with Crippen LogP contribution in [0.25, 0.3) is 0 Å². The van der Waals surface area contributed by atoms with E-state index in [9.17, 15) is 0 Å². The van der Waals surface area contributed by atoms with E-state index in [-0.39, 0.29) is 5.60 Å². The fraction of sp³-hybridized carbons (Fsp3) is 1.00. The molecule has 1 atom stereocenters. The Morgan fingerprint density at radius 1 is 1.11 bits per heavy atom. The van der Waals surface area contributed by atoms with Crippen molar-refractivity contribution in [2.75, 3.05) is 26.9 Å². The Labute approximate surface area is 119 Å². The van der Waals surface area contributed by atoms with Gasteiger partial charge in [0.2, 0.25) is 0 Å². The second-order valence-corrected chi connectivity index (χ2v) is 6.62. The van der Waals surface area contributed by atoms with Gasteiger partial charge >= 0.3 is 0 Å². The van der Waals surface area contributed by atoms with E-state index in [1.54, 1.807) is 0 Å². The van der Waals surface area contributed by atoms with Crippen molar-refractivity contribution < 1.29 is 9.47 Å². The molecule has 0 aliphatic heterocycles. The molecular weight excluding hydrogens is 238 g/mol. The largest absolute Gasteiger partial charge is 0.380 e. The zero-order valence-corrected chi connectivity index (χ0v) is 13.6. The number of ether oxygens (including phenoxy) is 2. The molecule has 0 heterocycles. The van der Waals surface area contributed by atoms with Crippen LogP contribution in [0.4, 0.5) is 0 Å². The lowest BCUT2D eigenvalue weighted by Crippen LogP contribution is -2.56. The third-order valence-corrected chi connectivity index (χ3v) is 4.57. The maximum atomic E-state index is 5.97. The lowest BCUT2D eigenvalue weighted by Gasteiger charge is -2.47. The van der Waals surface area contributed by atoms with Crippen LogP contribution in [0.5, 0.6) is 0 Å². The smallest absolute Gasteiger partial charge is 0.0853 e. The molecule has 1 N–H and O–H groups in total. The van der Waals surface area contributed by atoms with Crippen molar-refractivity contribution in [2.24, 2.45) is 5.41 Å². The molecular formula is C16H33NO2. The monoisotopic (exact) mass is 271 g/mol. The van der Waals surface area contributed by atoms with Gasteiger partial charge in [-0.1, -0.05) is 27.7 Å². The average Bonchev–Trinajstić information content (AvgIpc) is 2.39. The summed E-state index contributed by atoms with van der Waals surface area (Å²) in [5.41, 5.74) is 0.419. The molecule has 1 aliphatic carbocycles. The molecule has 0 aromatic heterocycles. The van der Waals surface area contributed by atoms with Crippen LogP contribution in [0.1, 0.15) is 59.8 Å². The number of hydrogen-bond donors (Lipinski definition) is 1. The highest BCUT2D eigenvalue weighted by Crippen LogP contribution is 2.43. The van der Waals surface area contributed by atoms with E-state index in [0.29, 0.717) is 11.5 Å². The normalized spacial score (nSPS) is 23.2. The second-order valence-electron chi connectivity index (χ2n) is 6.62. The number of likely N-dealkylation sites (N-methyl/N-ethyl adjacent to an activating group) is 1. The Bertz CT molecular complexity index is 243. The summed E-state index contributed by atoms with van der Waals surface area (Å²) in [6, 6.07) is 0.310. The van der Waals surface area contributed by atoms with E-state index in [2.05, 4.69) is 33.0 Å². The highest BCUT2D eigenvalue weighted by Gasteiger charge is 2.44. The van der Waals surface area contributed by atoms with Gasteiger partial charge in [-0.15, -0.1) is 0 Å². The van der Waals surface area contributed by atoms with E-state index < -0.39 is 0 Å². The maximum absolute atomic E-state index is 5.97. The van der Waals surface area contributed by atoms with E-state index in [1.165, 1.54) is 12.8 Å². The first-order valence-corrected chi connectivity index (χ1v) is 7.86. The van der Waals surface area contributed by atoms with Gasteiger partial charge in [0, 0.05) is 13.7 Å². The predicted molar refractivity (Wildman–Crippen MR) is 80.6 cm³/mol. The van der Waals surface area contributed by atoms with Crippen molar-refractivity contribution >= 4 is 0 Å². The van der Waals surface area contributed by atoms with Crippen LogP contribution in [0.15, 0.2) is 0 Å². The molecule has 0 aromatic rings. The molecule has 0 saturated heterocycles. The summed E-state index contributed by atoms with van der Waals surface area (Å²) in [5, 5.41) is 3.58. The Morgan fingerprint density at radius 3 is 2.21 bits per heavy atom. The minimum absolute atomic E-state index is 0.0424. The van der Waals surface area contributed by atoms with Crippen molar-refractivity contribution in [1.29, 1.82) is 0 Å². The lowest BCUT2D eigenvalue weighted by molar-refractivity contribution is -0.102. The molecule has 19 heavy (non-hydrogen) atoms. The van der Waals surface area contributed by atoms with Gasteiger partial charge in [-0.2, -0.15) is 0 Å². The van der Waals surface area contributed by atoms with Crippen LogP contribution in [-0.2, 0) is 9.47 Å². The Hall–Kier alpha value is -0.120. The van der Waals surface area contributed by atoms with Crippen LogP contribution >= 0.6 is 0 Å². The van der Waals surface area contributed by atoms with Crippen LogP contribution < -0.4 is 5.32 Å². The summed E-state index contributed by atoms with van der Waals surface area (Å²) < 4.78 is 11.8. The average molecular weight is 271 g/mol. The number of rotatable bonds is 8. The highest BCUT2D eigenvalue weighted by atomic mass is 16.5. The topological polar surface area (TPSA) is 30.5 Å². The Morgan fingerprint density at radius 2 is 1.74 bits per heavy atom. The first kappa shape index (κ1) is 16.9. The SMILES string of the molecule is CCCOCC(NCC)C1(OC)CCC(C)(C)CC1. The van der Waals surface area contributed by atoms with Crippen molar-refractivity contribution in [2.45, 2.75) is 71.4 Å². The first-order valence-electron chi connectivity index (χ1n) is 7.86. The van der Waals surface area contributed by atoms with Gasteiger partial charge < -0.3 is 14.8 Å². The number of methoxy groups -OCH3 is 1. The molecule has 0 spiro atoms. The molecule has 0 radical (unpaired) electrons. The molecule has 1 saturated carbocycles. The van der Waals surface area contributed by atoms with Crippen LogP contribution in [0.2, 0.25) is 0 Å². The summed E-state index contributed by atoms with van der Waals surface area (Å²) in [7, 11) is 1.86. The lowest BCUT2D eigenvalue weighted by atomic mass is 9.68. The summed E-state index contributed by atoms with van der Waals surface area (Å²) in [5.74, 6) is 0. The van der Waals surface area contributed by atoms with Crippen molar-refractivity contribution in [3.05, 3.63) is 0 Å². The van der Waals surface area contributed by atoms with Crippen LogP contribution in [0.3, 0.4) is 0 Å². The van der Waals surface area contributed by atoms with Crippen molar-refractivity contribution in [3.8, 4) is 0 Å². The molecule has 1 rings (SSSR count). The van der Waals surface area contributed by atoms with Gasteiger partial charge in [0.1, 0.15) is 0 Å². The third kappa shape index (κ3) is 4.73. The van der Waals surface area contributed by atoms with Crippen molar-refractivity contribution in [3.63, 3.8) is 0 Å². The minimum Gasteiger partial charge on any atom is -0.380 e. The van der Waals surface area contributed by atoms with Crippen molar-refractivity contribution in [1.82, 2.24) is 5.32 Å². The van der Waals surface area contributed by atoms with Gasteiger partial charge in [0.15, 0.2) is 0 Å². The van der Waals surface area contributed by atoms with Gasteiger partial charge in [0.25, 0.3) is 0 Å². The van der Waals surface area contributed by atoms with E-state index in [4.69, 9.17) is 9.47 Å². The number of hydrogen-bond acceptors (Lipinski definition) is 3. The quantitative estimate of drug-likeness (QED) is 0.687. The Balaban J connectivity index is 2.66. The standard InChI is InChI=1S/C16H33NO2/c1-6-12-19-13-14(17-7-2)16(18-5)10-8-15(3,4)9-11-16/h14,17H,6-13H2,1-5H3. The molecule has 3 nitrogen and oxygen atoms in total. The van der Waals surface area contributed by atoms with Gasteiger partial charge in [-0.3, -0.25) is 0 Å². The summed E-state index contributed by atoms with van der Waals surface area (Å²) in [6.45, 7) is 11.6. The van der Waals surface area contributed by atoms with E-state index in [0.717, 1.165) is 39.0 Å². The zero-order chi connectivity index (χ0) is 14.4. The predicted octanol–water partition coefficient (Wildman–Crippen LogP) is 3.38. The third-order valence-electron chi connectivity index (χ3n) is 4.57. The molecule has 3 heteroatoms. The summed E-state index contributed by atoms with van der Waals surface area (Å²) in [4.78, 5) is 0. The number of nitrogens with one attached hydrogen (secondary N) is 1. The molecule has 0 bridgehead atoms. The van der Waals surface area contributed by atoms with E-state index in [1.807, 2.05) is 7.11 Å². The summed E-state index contributed by atoms with van der Waals surface area (Å²) >= 11 is 0. The van der Waals surface area contributed by atoms with Gasteiger partial charge in [0.05, 0.1) is 18.2 Å². The van der Waals surface area contributed by atoms with Gasteiger partial charge in [-0.25, -0.2) is 0 Å². The molecule has 0 aromatic carbocycles. The van der Waals surface area contributed by atoms with Crippen LogP contribution in [0, 0.1) is 5.41 Å². The van der Waals surface area contributed by atoms with Gasteiger partial charge in [-0.05, 0) is 44.1 Å². The fourth-order valence-corrected chi connectivity index (χ4v) is 3.03. The molecule has 114 valence electrons. The minimum atomic E-state index is -0.0424. The van der Waals surface area contributed by atoms with Crippen LogP contribution in [-0.4, -0.2) is 38.5 Å². The molecule has 1 fully saturated rings. The highest BCUT2D eigenvalue weighted by molar-refractivity contribution is 4.98. The van der Waals surface area contributed by atoms with E-state index >= 15 is 0 Å². The molecule has 1 unspecified atom stereocenters. The second kappa shape index (κ2) is 7.61. The summed E-state index contributed by atoms with van der Waals surface area (Å²) in [6.07, 6.45) is 5.80. The molecule has 1 aliphatic rings. The first-order chi connectivity index (χ1) is 8.99. The Kier molecular flexibility index (Phi) is 6.78. The maximum Gasteiger partial charge on any atom is 0.0853 e. The fourth-order valence-electron chi connectivity index (χ4n) is 3.03. The zero-order valence-electron chi connectivity index (χ0n) is 13.6.